The minimum Gasteiger partial charge on any atom is -0.393 e. The summed E-state index contributed by atoms with van der Waals surface area (Å²) in [7, 11) is 0. The highest BCUT2D eigenvalue weighted by atomic mass is 35.5. The van der Waals surface area contributed by atoms with Crippen LogP contribution >= 0.6 is 11.6 Å². The van der Waals surface area contributed by atoms with E-state index < -0.39 is 0 Å². The molecule has 0 heterocycles. The van der Waals surface area contributed by atoms with Gasteiger partial charge < -0.3 is 5.11 Å². The quantitative estimate of drug-likeness (QED) is 0.682. The van der Waals surface area contributed by atoms with Gasteiger partial charge in [-0.2, -0.15) is 0 Å². The summed E-state index contributed by atoms with van der Waals surface area (Å²) < 4.78 is 0. The minimum atomic E-state index is -0.134. The molecule has 0 amide bonds. The van der Waals surface area contributed by atoms with Crippen molar-refractivity contribution in [1.82, 2.24) is 0 Å². The van der Waals surface area contributed by atoms with Crippen molar-refractivity contribution in [2.24, 2.45) is 28.6 Å². The van der Waals surface area contributed by atoms with Crippen molar-refractivity contribution < 1.29 is 9.90 Å². The Morgan fingerprint density at radius 3 is 2.73 bits per heavy atom. The highest BCUT2D eigenvalue weighted by Gasteiger charge is 2.60. The van der Waals surface area contributed by atoms with Crippen molar-refractivity contribution in [2.75, 3.05) is 0 Å². The Morgan fingerprint density at radius 2 is 1.95 bits per heavy atom. The standard InChI is InChI=1S/C19H27ClO2/c1-18-7-5-11(21)9-15(18)16(20)10-12-13-3-4-17(22)19(13,2)8-6-14(12)18/h9,12-14,16-17,22H,3-8,10H2,1-2H3/t12-,13-,14+,16?,17?,18+,19-/m0/s1. The van der Waals surface area contributed by atoms with Gasteiger partial charge in [-0.25, -0.2) is 0 Å². The molecule has 0 aliphatic heterocycles. The molecule has 0 aromatic carbocycles. The monoisotopic (exact) mass is 322 g/mol. The molecule has 4 aliphatic carbocycles. The SMILES string of the molecule is C[C@]12CCC(=O)C=C1C(Cl)C[C@@H]1[C@H]2CC[C@]2(C)C(O)CC[C@@H]12. The second kappa shape index (κ2) is 4.83. The number of fused-ring (bicyclic) bond motifs is 5. The van der Waals surface area contributed by atoms with Crippen molar-refractivity contribution in [1.29, 1.82) is 0 Å². The molecular formula is C19H27ClO2. The van der Waals surface area contributed by atoms with E-state index >= 15 is 0 Å². The zero-order valence-electron chi connectivity index (χ0n) is 13.6. The Labute approximate surface area is 138 Å². The number of ketones is 1. The van der Waals surface area contributed by atoms with E-state index in [1.165, 1.54) is 12.0 Å². The fourth-order valence-corrected chi connectivity index (χ4v) is 7.05. The lowest BCUT2D eigenvalue weighted by atomic mass is 9.47. The van der Waals surface area contributed by atoms with Gasteiger partial charge >= 0.3 is 0 Å². The van der Waals surface area contributed by atoms with Crippen LogP contribution in [0.5, 0.6) is 0 Å². The van der Waals surface area contributed by atoms with Crippen LogP contribution in [-0.2, 0) is 4.79 Å². The molecule has 1 N–H and O–H groups in total. The summed E-state index contributed by atoms with van der Waals surface area (Å²) in [5.41, 5.74) is 1.42. The van der Waals surface area contributed by atoms with Crippen LogP contribution < -0.4 is 0 Å². The van der Waals surface area contributed by atoms with Gasteiger partial charge in [-0.1, -0.05) is 13.8 Å². The Bertz CT molecular complexity index is 542. The van der Waals surface area contributed by atoms with Crippen molar-refractivity contribution >= 4 is 17.4 Å². The first-order valence-corrected chi connectivity index (χ1v) is 9.37. The topological polar surface area (TPSA) is 37.3 Å². The van der Waals surface area contributed by atoms with Crippen LogP contribution in [0.1, 0.15) is 58.8 Å². The predicted octanol–water partition coefficient (Wildman–Crippen LogP) is 4.10. The number of carbonyl (C=O) groups excluding carboxylic acids is 1. The van der Waals surface area contributed by atoms with E-state index in [4.69, 9.17) is 11.6 Å². The summed E-state index contributed by atoms with van der Waals surface area (Å²) in [6, 6.07) is 0. The normalized spacial score (nSPS) is 54.3. The molecule has 0 spiro atoms. The molecule has 4 aliphatic rings. The van der Waals surface area contributed by atoms with Crippen LogP contribution in [0.2, 0.25) is 0 Å². The lowest BCUT2D eigenvalue weighted by Crippen LogP contribution is -2.53. The van der Waals surface area contributed by atoms with Crippen molar-refractivity contribution in [2.45, 2.75) is 70.3 Å². The molecule has 3 saturated carbocycles. The molecule has 3 heteroatoms. The fourth-order valence-electron chi connectivity index (χ4n) is 6.53. The second-order valence-electron chi connectivity index (χ2n) is 8.70. The number of allylic oxidation sites excluding steroid dienone is 1. The van der Waals surface area contributed by atoms with Crippen molar-refractivity contribution in [3.05, 3.63) is 11.6 Å². The predicted molar refractivity (Wildman–Crippen MR) is 87.7 cm³/mol. The number of alkyl halides is 1. The Balaban J connectivity index is 1.73. The highest BCUT2D eigenvalue weighted by molar-refractivity contribution is 6.23. The van der Waals surface area contributed by atoms with Gasteiger partial charge in [0.05, 0.1) is 11.5 Å². The van der Waals surface area contributed by atoms with Crippen LogP contribution in [0, 0.1) is 28.6 Å². The van der Waals surface area contributed by atoms with Crippen LogP contribution in [0.25, 0.3) is 0 Å². The molecule has 0 radical (unpaired) electrons. The summed E-state index contributed by atoms with van der Waals surface area (Å²) in [5, 5.41) is 10.5. The zero-order chi connectivity index (χ0) is 15.7. The maximum Gasteiger partial charge on any atom is 0.155 e. The Hall–Kier alpha value is -0.340. The first-order valence-electron chi connectivity index (χ1n) is 8.93. The summed E-state index contributed by atoms with van der Waals surface area (Å²) in [4.78, 5) is 11.9. The third-order valence-corrected chi connectivity index (χ3v) is 8.30. The number of aliphatic hydroxyl groups excluding tert-OH is 1. The first-order chi connectivity index (χ1) is 10.4. The van der Waals surface area contributed by atoms with Crippen LogP contribution in [0.15, 0.2) is 11.6 Å². The molecule has 0 aromatic heterocycles. The van der Waals surface area contributed by atoms with E-state index in [9.17, 15) is 9.90 Å². The zero-order valence-corrected chi connectivity index (χ0v) is 14.4. The van der Waals surface area contributed by atoms with Crippen LogP contribution in [-0.4, -0.2) is 22.4 Å². The number of halogens is 1. The molecule has 7 atom stereocenters. The largest absolute Gasteiger partial charge is 0.393 e. The number of carbonyl (C=O) groups is 1. The third kappa shape index (κ3) is 1.86. The van der Waals surface area contributed by atoms with Gasteiger partial charge in [0.25, 0.3) is 0 Å². The summed E-state index contributed by atoms with van der Waals surface area (Å²) in [5.74, 6) is 2.13. The van der Waals surface area contributed by atoms with E-state index in [0.29, 0.717) is 24.2 Å². The lowest BCUT2D eigenvalue weighted by molar-refractivity contribution is -0.117. The van der Waals surface area contributed by atoms with Crippen LogP contribution in [0.4, 0.5) is 0 Å². The van der Waals surface area contributed by atoms with Gasteiger partial charge in [0.1, 0.15) is 0 Å². The van der Waals surface area contributed by atoms with E-state index in [2.05, 4.69) is 13.8 Å². The number of hydrogen-bond acceptors (Lipinski definition) is 2. The minimum absolute atomic E-state index is 0.00981. The van der Waals surface area contributed by atoms with E-state index in [1.807, 2.05) is 6.08 Å². The molecule has 0 bridgehead atoms. The molecule has 0 aromatic rings. The maximum absolute atomic E-state index is 11.9. The molecule has 2 nitrogen and oxygen atoms in total. The van der Waals surface area contributed by atoms with E-state index in [0.717, 1.165) is 32.1 Å². The summed E-state index contributed by atoms with van der Waals surface area (Å²) >= 11 is 6.75. The molecule has 22 heavy (non-hydrogen) atoms. The molecule has 3 fully saturated rings. The van der Waals surface area contributed by atoms with Gasteiger partial charge in [0.15, 0.2) is 5.78 Å². The molecule has 2 unspecified atom stereocenters. The van der Waals surface area contributed by atoms with Gasteiger partial charge in [-0.15, -0.1) is 11.6 Å². The Kier molecular flexibility index (Phi) is 3.34. The Morgan fingerprint density at radius 1 is 1.18 bits per heavy atom. The third-order valence-electron chi connectivity index (χ3n) is 7.89. The number of aliphatic hydroxyl groups is 1. The fraction of sp³-hybridized carbons (Fsp3) is 0.842. The number of hydrogen-bond donors (Lipinski definition) is 1. The molecule has 0 saturated heterocycles. The summed E-state index contributed by atoms with van der Waals surface area (Å²) in [6.45, 7) is 4.65. The van der Waals surface area contributed by atoms with Crippen LogP contribution in [0.3, 0.4) is 0 Å². The lowest BCUT2D eigenvalue weighted by Gasteiger charge is -2.58. The van der Waals surface area contributed by atoms with Gasteiger partial charge in [-0.3, -0.25) is 4.79 Å². The van der Waals surface area contributed by atoms with Crippen molar-refractivity contribution in [3.63, 3.8) is 0 Å². The van der Waals surface area contributed by atoms with E-state index in [1.54, 1.807) is 0 Å². The van der Waals surface area contributed by atoms with Gasteiger partial charge in [-0.05, 0) is 78.8 Å². The molecule has 4 rings (SSSR count). The summed E-state index contributed by atoms with van der Waals surface area (Å²) in [6.07, 6.45) is 8.79. The average Bonchev–Trinajstić information content (AvgIpc) is 2.77. The maximum atomic E-state index is 11.9. The molecule has 122 valence electrons. The highest BCUT2D eigenvalue weighted by Crippen LogP contribution is 2.65. The number of rotatable bonds is 0. The average molecular weight is 323 g/mol. The first kappa shape index (κ1) is 15.2. The van der Waals surface area contributed by atoms with Gasteiger partial charge in [0.2, 0.25) is 0 Å². The second-order valence-corrected chi connectivity index (χ2v) is 9.23. The van der Waals surface area contributed by atoms with E-state index in [-0.39, 0.29) is 28.1 Å². The molecular weight excluding hydrogens is 296 g/mol. The smallest absolute Gasteiger partial charge is 0.155 e. The van der Waals surface area contributed by atoms with Crippen molar-refractivity contribution in [3.8, 4) is 0 Å². The van der Waals surface area contributed by atoms with Gasteiger partial charge in [0, 0.05) is 6.42 Å².